The molecule has 38 heavy (non-hydrogen) atoms. The Morgan fingerprint density at radius 1 is 0.895 bits per heavy atom. The number of carbonyl (C=O) groups excluding carboxylic acids is 1. The molecule has 0 unspecified atom stereocenters. The highest BCUT2D eigenvalue weighted by atomic mass is 32.2. The van der Waals surface area contributed by atoms with E-state index in [2.05, 4.69) is 4.99 Å². The summed E-state index contributed by atoms with van der Waals surface area (Å²) in [5.74, 6) is 2.16. The van der Waals surface area contributed by atoms with E-state index in [0.717, 1.165) is 22.8 Å². The third-order valence-electron chi connectivity index (χ3n) is 5.85. The molecule has 0 atom stereocenters. The van der Waals surface area contributed by atoms with Gasteiger partial charge in [0, 0.05) is 5.41 Å². The van der Waals surface area contributed by atoms with Crippen LogP contribution in [0.2, 0.25) is 0 Å². The summed E-state index contributed by atoms with van der Waals surface area (Å²) in [5, 5.41) is 11.2. The van der Waals surface area contributed by atoms with Crippen LogP contribution in [-0.2, 0) is 4.79 Å². The van der Waals surface area contributed by atoms with E-state index in [1.165, 1.54) is 11.8 Å². The molecule has 3 aromatic rings. The van der Waals surface area contributed by atoms with E-state index < -0.39 is 5.91 Å². The van der Waals surface area contributed by atoms with Crippen LogP contribution in [0.4, 0.5) is 0 Å². The summed E-state index contributed by atoms with van der Waals surface area (Å²) in [5.41, 5.74) is 2.65. The van der Waals surface area contributed by atoms with Gasteiger partial charge in [0.2, 0.25) is 0 Å². The van der Waals surface area contributed by atoms with Crippen molar-refractivity contribution < 1.29 is 23.7 Å². The van der Waals surface area contributed by atoms with Crippen LogP contribution >= 0.6 is 11.8 Å². The Kier molecular flexibility index (Phi) is 7.46. The van der Waals surface area contributed by atoms with Crippen LogP contribution in [0.5, 0.6) is 23.0 Å². The minimum Gasteiger partial charge on any atom is -0.497 e. The highest BCUT2D eigenvalue weighted by Crippen LogP contribution is 2.37. The molecule has 3 aromatic carbocycles. The van der Waals surface area contributed by atoms with Crippen molar-refractivity contribution in [3.05, 3.63) is 94.9 Å². The molecule has 1 N–H and O–H groups in total. The van der Waals surface area contributed by atoms with E-state index in [0.29, 0.717) is 35.4 Å². The average molecular weight is 528 g/mol. The topological polar surface area (TPSA) is 93.4 Å². The summed E-state index contributed by atoms with van der Waals surface area (Å²) in [6.45, 7) is 0.656. The smallest absolute Gasteiger partial charge is 0.283 e. The first kappa shape index (κ1) is 25.2. The third kappa shape index (κ3) is 5.28. The fraction of sp³-hybridized carbons (Fsp3) is 0.138. The van der Waals surface area contributed by atoms with Gasteiger partial charge in [0.05, 0.1) is 25.5 Å². The average Bonchev–Trinajstić information content (AvgIpc) is 3.38. The lowest BCUT2D eigenvalue weighted by Crippen LogP contribution is -2.38. The van der Waals surface area contributed by atoms with Crippen molar-refractivity contribution >= 4 is 40.4 Å². The number of amides is 1. The lowest BCUT2D eigenvalue weighted by molar-refractivity contribution is -0.114. The fourth-order valence-electron chi connectivity index (χ4n) is 3.96. The van der Waals surface area contributed by atoms with Crippen molar-refractivity contribution in [2.75, 3.05) is 27.4 Å². The zero-order chi connectivity index (χ0) is 26.5. The van der Waals surface area contributed by atoms with Crippen LogP contribution in [-0.4, -0.2) is 49.2 Å². The van der Waals surface area contributed by atoms with Crippen molar-refractivity contribution in [1.29, 1.82) is 5.41 Å². The normalized spacial score (nSPS) is 15.6. The number of hydrogen-bond acceptors (Lipinski definition) is 7. The standard InChI is InChI=1S/C29H25N3O5S/c1-34-21-9-11-22(12-10-21)36-14-15-37-25-13-8-19(17-26(25)35-2)16-23-27(30)32-24(20-6-4-3-5-7-20)18-38-29(32)31-28(23)33/h3-13,16-18,30H,14-15H2,1-2H3. The van der Waals surface area contributed by atoms with Crippen molar-refractivity contribution in [1.82, 2.24) is 4.90 Å². The maximum atomic E-state index is 12.8. The summed E-state index contributed by atoms with van der Waals surface area (Å²) in [6.07, 6.45) is 1.65. The Labute approximate surface area is 224 Å². The Hall–Kier alpha value is -4.50. The molecule has 2 aliphatic rings. The minimum absolute atomic E-state index is 0.0788. The lowest BCUT2D eigenvalue weighted by Gasteiger charge is -2.27. The van der Waals surface area contributed by atoms with Gasteiger partial charge in [-0.3, -0.25) is 15.1 Å². The van der Waals surface area contributed by atoms with E-state index in [9.17, 15) is 4.79 Å². The quantitative estimate of drug-likeness (QED) is 0.292. The molecule has 0 bridgehead atoms. The van der Waals surface area contributed by atoms with Gasteiger partial charge in [-0.15, -0.1) is 0 Å². The predicted molar refractivity (Wildman–Crippen MR) is 149 cm³/mol. The molecule has 8 nitrogen and oxygen atoms in total. The molecule has 9 heteroatoms. The van der Waals surface area contributed by atoms with Gasteiger partial charge in [-0.05, 0) is 53.6 Å². The summed E-state index contributed by atoms with van der Waals surface area (Å²) < 4.78 is 22.2. The van der Waals surface area contributed by atoms with E-state index >= 15 is 0 Å². The molecule has 5 rings (SSSR count). The number of ether oxygens (including phenoxy) is 4. The first-order chi connectivity index (χ1) is 18.6. The van der Waals surface area contributed by atoms with Crippen molar-refractivity contribution in [3.63, 3.8) is 0 Å². The molecule has 0 fully saturated rings. The number of thioether (sulfide) groups is 1. The summed E-state index contributed by atoms with van der Waals surface area (Å²) in [6, 6.07) is 22.4. The number of nitrogens with zero attached hydrogens (tertiary/aromatic N) is 2. The van der Waals surface area contributed by atoms with E-state index in [1.54, 1.807) is 37.3 Å². The highest BCUT2D eigenvalue weighted by molar-refractivity contribution is 8.17. The molecule has 192 valence electrons. The Morgan fingerprint density at radius 2 is 1.63 bits per heavy atom. The molecular formula is C29H25N3O5S. The van der Waals surface area contributed by atoms with Crippen LogP contribution < -0.4 is 18.9 Å². The van der Waals surface area contributed by atoms with Gasteiger partial charge >= 0.3 is 0 Å². The Bertz CT molecular complexity index is 1450. The molecule has 0 radical (unpaired) electrons. The summed E-state index contributed by atoms with van der Waals surface area (Å²) in [7, 11) is 3.17. The molecule has 0 aromatic heterocycles. The monoisotopic (exact) mass is 527 g/mol. The molecule has 1 amide bonds. The van der Waals surface area contributed by atoms with Gasteiger partial charge in [0.25, 0.3) is 5.91 Å². The van der Waals surface area contributed by atoms with Gasteiger partial charge in [0.15, 0.2) is 16.7 Å². The molecular weight excluding hydrogens is 502 g/mol. The molecule has 2 aliphatic heterocycles. The number of hydrogen-bond donors (Lipinski definition) is 1. The first-order valence-electron chi connectivity index (χ1n) is 11.8. The largest absolute Gasteiger partial charge is 0.497 e. The number of fused-ring (bicyclic) bond motifs is 1. The Balaban J connectivity index is 1.28. The maximum Gasteiger partial charge on any atom is 0.283 e. The SMILES string of the molecule is COc1ccc(OCCOc2ccc(C=C3C(=N)N4C(c5ccccc5)=CSC4=NC3=O)cc2OC)cc1. The van der Waals surface area contributed by atoms with E-state index in [-0.39, 0.29) is 11.4 Å². The van der Waals surface area contributed by atoms with Gasteiger partial charge in [0.1, 0.15) is 30.5 Å². The molecule has 2 heterocycles. The van der Waals surface area contributed by atoms with E-state index in [4.69, 9.17) is 24.4 Å². The fourth-order valence-corrected chi connectivity index (χ4v) is 4.85. The number of benzene rings is 3. The summed E-state index contributed by atoms with van der Waals surface area (Å²) in [4.78, 5) is 18.7. The molecule has 0 spiro atoms. The lowest BCUT2D eigenvalue weighted by atomic mass is 10.1. The summed E-state index contributed by atoms with van der Waals surface area (Å²) >= 11 is 1.34. The van der Waals surface area contributed by atoms with Crippen LogP contribution in [0, 0.1) is 5.41 Å². The van der Waals surface area contributed by atoms with Crippen LogP contribution in [0.15, 0.2) is 88.8 Å². The number of aliphatic imine (C=N–C) groups is 1. The third-order valence-corrected chi connectivity index (χ3v) is 6.68. The maximum absolute atomic E-state index is 12.8. The van der Waals surface area contributed by atoms with Crippen LogP contribution in [0.25, 0.3) is 11.8 Å². The van der Waals surface area contributed by atoms with Crippen LogP contribution in [0.1, 0.15) is 11.1 Å². The first-order valence-corrected chi connectivity index (χ1v) is 12.7. The van der Waals surface area contributed by atoms with Gasteiger partial charge in [-0.25, -0.2) is 0 Å². The molecule has 0 saturated heterocycles. The zero-order valence-electron chi connectivity index (χ0n) is 20.8. The van der Waals surface area contributed by atoms with Crippen LogP contribution in [0.3, 0.4) is 0 Å². The van der Waals surface area contributed by atoms with E-state index in [1.807, 2.05) is 66.1 Å². The minimum atomic E-state index is -0.452. The number of nitrogens with one attached hydrogen (secondary N) is 1. The number of carbonyl (C=O) groups is 1. The van der Waals surface area contributed by atoms with Gasteiger partial charge < -0.3 is 18.9 Å². The number of rotatable bonds is 9. The second-order valence-electron chi connectivity index (χ2n) is 8.21. The van der Waals surface area contributed by atoms with Crippen molar-refractivity contribution in [2.24, 2.45) is 4.99 Å². The van der Waals surface area contributed by atoms with Gasteiger partial charge in [-0.2, -0.15) is 4.99 Å². The second kappa shape index (κ2) is 11.3. The highest BCUT2D eigenvalue weighted by Gasteiger charge is 2.36. The number of methoxy groups -OCH3 is 2. The zero-order valence-corrected chi connectivity index (χ0v) is 21.7. The molecule has 0 saturated carbocycles. The number of amidine groups is 2. The molecule has 0 aliphatic carbocycles. The second-order valence-corrected chi connectivity index (χ2v) is 9.05. The van der Waals surface area contributed by atoms with Gasteiger partial charge in [-0.1, -0.05) is 48.2 Å². The van der Waals surface area contributed by atoms with Crippen molar-refractivity contribution in [2.45, 2.75) is 0 Å². The van der Waals surface area contributed by atoms with Crippen molar-refractivity contribution in [3.8, 4) is 23.0 Å². The Morgan fingerprint density at radius 3 is 2.37 bits per heavy atom. The predicted octanol–water partition coefficient (Wildman–Crippen LogP) is 5.47.